The van der Waals surface area contributed by atoms with E-state index in [0.29, 0.717) is 0 Å². The molecule has 0 heterocycles. The van der Waals surface area contributed by atoms with Crippen molar-refractivity contribution in [3.63, 3.8) is 0 Å². The number of hydrogen-bond donors (Lipinski definition) is 0. The second-order valence-electron chi connectivity index (χ2n) is 3.05. The molecule has 0 saturated heterocycles. The molecule has 0 aliphatic heterocycles. The van der Waals surface area contributed by atoms with E-state index in [1.165, 1.54) is 12.1 Å². The smallest absolute Gasteiger partial charge is 0.178 e. The minimum Gasteiger partial charge on any atom is -0.298 e. The topological polar surface area (TPSA) is 51.2 Å². The number of Topliss-reactive ketones (excluding diaryl/α,β-unsaturated/α-hetero) is 1. The maximum absolute atomic E-state index is 11.7. The predicted molar refractivity (Wildman–Crippen MR) is 58.8 cm³/mol. The van der Waals surface area contributed by atoms with Gasteiger partial charge in [0.15, 0.2) is 9.84 Å². The number of rotatable bonds is 5. The molecule has 0 saturated carbocycles. The third-order valence-corrected chi connectivity index (χ3v) is 3.93. The normalized spacial score (nSPS) is 11.3. The summed E-state index contributed by atoms with van der Waals surface area (Å²) in [4.78, 5) is 11.1. The molecule has 0 amide bonds. The molecule has 3 nitrogen and oxygen atoms in total. The molecule has 1 rings (SSSR count). The molecular weight excluding hydrogens is 236 g/mol. The molecule has 1 aromatic rings. The highest BCUT2D eigenvalue weighted by Gasteiger charge is 2.15. The van der Waals surface area contributed by atoms with Crippen LogP contribution in [0.1, 0.15) is 6.42 Å². The molecular formula is C10H11ClO3S. The zero-order valence-corrected chi connectivity index (χ0v) is 9.59. The SMILES string of the molecule is O=C(CCl)CCS(=O)(=O)c1ccccc1. The molecule has 0 aliphatic rings. The summed E-state index contributed by atoms with van der Waals surface area (Å²) in [6, 6.07) is 8.07. The molecule has 0 bridgehead atoms. The summed E-state index contributed by atoms with van der Waals surface area (Å²) in [5.41, 5.74) is 0. The fraction of sp³-hybridized carbons (Fsp3) is 0.300. The van der Waals surface area contributed by atoms with E-state index >= 15 is 0 Å². The minimum atomic E-state index is -3.34. The van der Waals surface area contributed by atoms with Gasteiger partial charge in [0.1, 0.15) is 5.78 Å². The molecule has 0 aliphatic carbocycles. The number of carbonyl (C=O) groups excluding carboxylic acids is 1. The summed E-state index contributed by atoms with van der Waals surface area (Å²) in [6.45, 7) is 0. The largest absolute Gasteiger partial charge is 0.298 e. The summed E-state index contributed by atoms with van der Waals surface area (Å²) in [7, 11) is -3.34. The first-order valence-corrected chi connectivity index (χ1v) is 6.60. The third kappa shape index (κ3) is 3.64. The monoisotopic (exact) mass is 246 g/mol. The van der Waals surface area contributed by atoms with Crippen LogP contribution in [-0.2, 0) is 14.6 Å². The maximum atomic E-state index is 11.7. The number of ketones is 1. The Bertz CT molecular complexity index is 425. The lowest BCUT2D eigenvalue weighted by Crippen LogP contribution is -2.12. The lowest BCUT2D eigenvalue weighted by Gasteiger charge is -2.02. The van der Waals surface area contributed by atoms with Crippen LogP contribution in [0.15, 0.2) is 35.2 Å². The van der Waals surface area contributed by atoms with Crippen molar-refractivity contribution < 1.29 is 13.2 Å². The molecule has 0 spiro atoms. The lowest BCUT2D eigenvalue weighted by atomic mass is 10.3. The van der Waals surface area contributed by atoms with E-state index in [4.69, 9.17) is 11.6 Å². The van der Waals surface area contributed by atoms with E-state index in [2.05, 4.69) is 0 Å². The Hall–Kier alpha value is -0.870. The van der Waals surface area contributed by atoms with E-state index in [1.54, 1.807) is 18.2 Å². The van der Waals surface area contributed by atoms with E-state index < -0.39 is 9.84 Å². The summed E-state index contributed by atoms with van der Waals surface area (Å²) in [5.74, 6) is -0.566. The fourth-order valence-corrected chi connectivity index (χ4v) is 2.50. The Labute approximate surface area is 94.0 Å². The van der Waals surface area contributed by atoms with E-state index in [1.807, 2.05) is 0 Å². The van der Waals surface area contributed by atoms with Crippen LogP contribution in [0.5, 0.6) is 0 Å². The highest BCUT2D eigenvalue weighted by molar-refractivity contribution is 7.91. The van der Waals surface area contributed by atoms with Crippen molar-refractivity contribution >= 4 is 27.2 Å². The van der Waals surface area contributed by atoms with Gasteiger partial charge in [-0.15, -0.1) is 11.6 Å². The Morgan fingerprint density at radius 3 is 2.33 bits per heavy atom. The predicted octanol–water partition coefficient (Wildman–Crippen LogP) is 1.66. The van der Waals surface area contributed by atoms with Crippen LogP contribution in [0.25, 0.3) is 0 Å². The zero-order chi connectivity index (χ0) is 11.3. The van der Waals surface area contributed by atoms with Crippen LogP contribution < -0.4 is 0 Å². The second-order valence-corrected chi connectivity index (χ2v) is 5.43. The maximum Gasteiger partial charge on any atom is 0.178 e. The molecule has 82 valence electrons. The van der Waals surface area contributed by atoms with Crippen molar-refractivity contribution in [1.29, 1.82) is 0 Å². The van der Waals surface area contributed by atoms with Gasteiger partial charge in [-0.25, -0.2) is 8.42 Å². The van der Waals surface area contributed by atoms with Crippen LogP contribution in [0.2, 0.25) is 0 Å². The van der Waals surface area contributed by atoms with Crippen LogP contribution in [0, 0.1) is 0 Å². The van der Waals surface area contributed by atoms with Gasteiger partial charge in [-0.1, -0.05) is 18.2 Å². The molecule has 0 N–H and O–H groups in total. The Morgan fingerprint density at radius 1 is 1.20 bits per heavy atom. The Balaban J connectivity index is 2.73. The van der Waals surface area contributed by atoms with Crippen LogP contribution in [0.4, 0.5) is 0 Å². The number of benzene rings is 1. The minimum absolute atomic E-state index is 0.0271. The van der Waals surface area contributed by atoms with Gasteiger partial charge in [0.05, 0.1) is 16.5 Å². The first kappa shape index (κ1) is 12.2. The molecule has 0 radical (unpaired) electrons. The van der Waals surface area contributed by atoms with Gasteiger partial charge < -0.3 is 0 Å². The number of carbonyl (C=O) groups is 1. The Kier molecular flexibility index (Phi) is 4.29. The molecule has 15 heavy (non-hydrogen) atoms. The lowest BCUT2D eigenvalue weighted by molar-refractivity contribution is -0.116. The van der Waals surface area contributed by atoms with Crippen molar-refractivity contribution in [2.75, 3.05) is 11.6 Å². The number of alkyl halides is 1. The standard InChI is InChI=1S/C10H11ClO3S/c11-8-9(12)6-7-15(13,14)10-4-2-1-3-5-10/h1-5H,6-8H2. The molecule has 0 atom stereocenters. The second kappa shape index (κ2) is 5.28. The molecule has 5 heteroatoms. The first-order chi connectivity index (χ1) is 7.06. The zero-order valence-electron chi connectivity index (χ0n) is 8.02. The van der Waals surface area contributed by atoms with Gasteiger partial charge in [-0.05, 0) is 12.1 Å². The van der Waals surface area contributed by atoms with Gasteiger partial charge in [0.25, 0.3) is 0 Å². The van der Waals surface area contributed by atoms with Gasteiger partial charge in [-0.3, -0.25) is 4.79 Å². The van der Waals surface area contributed by atoms with Crippen LogP contribution in [0.3, 0.4) is 0 Å². The highest BCUT2D eigenvalue weighted by Crippen LogP contribution is 2.11. The first-order valence-electron chi connectivity index (χ1n) is 4.42. The average molecular weight is 247 g/mol. The van der Waals surface area contributed by atoms with E-state index in [9.17, 15) is 13.2 Å². The molecule has 0 fully saturated rings. The Morgan fingerprint density at radius 2 is 1.80 bits per heavy atom. The van der Waals surface area contributed by atoms with Gasteiger partial charge in [0, 0.05) is 6.42 Å². The van der Waals surface area contributed by atoms with Gasteiger partial charge >= 0.3 is 0 Å². The average Bonchev–Trinajstić information content (AvgIpc) is 2.27. The van der Waals surface area contributed by atoms with Crippen molar-refractivity contribution in [1.82, 2.24) is 0 Å². The summed E-state index contributed by atoms with van der Waals surface area (Å²) >= 11 is 5.28. The van der Waals surface area contributed by atoms with Crippen molar-refractivity contribution in [3.05, 3.63) is 30.3 Å². The number of hydrogen-bond acceptors (Lipinski definition) is 3. The summed E-state index contributed by atoms with van der Waals surface area (Å²) < 4.78 is 23.3. The van der Waals surface area contributed by atoms with Crippen molar-refractivity contribution in [2.24, 2.45) is 0 Å². The number of halogens is 1. The highest BCUT2D eigenvalue weighted by atomic mass is 35.5. The van der Waals surface area contributed by atoms with Crippen molar-refractivity contribution in [3.8, 4) is 0 Å². The summed E-state index contributed by atoms with van der Waals surface area (Å²) in [6.07, 6.45) is -0.0271. The van der Waals surface area contributed by atoms with Crippen LogP contribution in [-0.4, -0.2) is 25.8 Å². The quantitative estimate of drug-likeness (QED) is 0.743. The summed E-state index contributed by atoms with van der Waals surface area (Å²) in [5, 5.41) is 0. The van der Waals surface area contributed by atoms with E-state index in [0.717, 1.165) is 0 Å². The molecule has 0 aromatic heterocycles. The van der Waals surface area contributed by atoms with Gasteiger partial charge in [-0.2, -0.15) is 0 Å². The van der Waals surface area contributed by atoms with E-state index in [-0.39, 0.29) is 28.7 Å². The van der Waals surface area contributed by atoms with Gasteiger partial charge in [0.2, 0.25) is 0 Å². The fourth-order valence-electron chi connectivity index (χ4n) is 1.06. The third-order valence-electron chi connectivity index (χ3n) is 1.90. The van der Waals surface area contributed by atoms with Crippen LogP contribution >= 0.6 is 11.6 Å². The molecule has 1 aromatic carbocycles. The van der Waals surface area contributed by atoms with Crippen molar-refractivity contribution in [2.45, 2.75) is 11.3 Å². The molecule has 0 unspecified atom stereocenters. The number of sulfone groups is 1.